The van der Waals surface area contributed by atoms with Gasteiger partial charge in [-0.25, -0.2) is 0 Å². The van der Waals surface area contributed by atoms with Crippen molar-refractivity contribution in [3.63, 3.8) is 0 Å². The van der Waals surface area contributed by atoms with E-state index in [1.807, 2.05) is 60.3 Å². The van der Waals surface area contributed by atoms with Crippen LogP contribution in [0.5, 0.6) is 0 Å². The molecule has 0 spiro atoms. The topological polar surface area (TPSA) is 78.1 Å². The minimum Gasteiger partial charge on any atom is -0.328 e. The quantitative estimate of drug-likeness (QED) is 0.533. The second-order valence-corrected chi connectivity index (χ2v) is 9.32. The lowest BCUT2D eigenvalue weighted by Crippen LogP contribution is -2.47. The van der Waals surface area contributed by atoms with Gasteiger partial charge in [0.15, 0.2) is 0 Å². The van der Waals surface area contributed by atoms with Crippen LogP contribution in [0, 0.1) is 17.2 Å². The molecule has 1 atom stereocenters. The van der Waals surface area contributed by atoms with Crippen LogP contribution in [-0.2, 0) is 17.9 Å². The highest BCUT2D eigenvalue weighted by molar-refractivity contribution is 5.89. The summed E-state index contributed by atoms with van der Waals surface area (Å²) in [4.78, 5) is 21.5. The van der Waals surface area contributed by atoms with Gasteiger partial charge in [-0.3, -0.25) is 14.5 Å². The van der Waals surface area contributed by atoms with Crippen LogP contribution in [0.25, 0.3) is 22.4 Å². The third-order valence-electron chi connectivity index (χ3n) is 6.55. The van der Waals surface area contributed by atoms with Gasteiger partial charge in [0, 0.05) is 36.1 Å². The van der Waals surface area contributed by atoms with Crippen molar-refractivity contribution in [1.82, 2.24) is 24.6 Å². The zero-order chi connectivity index (χ0) is 23.7. The summed E-state index contributed by atoms with van der Waals surface area (Å²) < 4.78 is 2.08. The van der Waals surface area contributed by atoms with E-state index in [9.17, 15) is 10.1 Å². The molecule has 5 rings (SSSR count). The van der Waals surface area contributed by atoms with E-state index < -0.39 is 0 Å². The number of fused-ring (bicyclic) bond motifs is 1. The zero-order valence-corrected chi connectivity index (χ0v) is 19.6. The van der Waals surface area contributed by atoms with Crippen molar-refractivity contribution in [2.45, 2.75) is 32.0 Å². The first kappa shape index (κ1) is 22.1. The third kappa shape index (κ3) is 4.37. The molecule has 172 valence electrons. The van der Waals surface area contributed by atoms with Gasteiger partial charge in [0.25, 0.3) is 0 Å². The number of hydrogen-bond acceptors (Lipinski definition) is 5. The monoisotopic (exact) mass is 452 g/mol. The Bertz CT molecular complexity index is 1270. The van der Waals surface area contributed by atoms with Gasteiger partial charge in [-0.1, -0.05) is 18.2 Å². The van der Waals surface area contributed by atoms with E-state index in [0.29, 0.717) is 24.6 Å². The van der Waals surface area contributed by atoms with Crippen LogP contribution in [0.1, 0.15) is 24.1 Å². The number of rotatable bonds is 6. The van der Waals surface area contributed by atoms with Gasteiger partial charge in [-0.05, 0) is 62.7 Å². The number of amides is 1. The average Bonchev–Trinajstić information content (AvgIpc) is 3.63. The molecule has 0 bridgehead atoms. The lowest BCUT2D eigenvalue weighted by atomic mass is 9.97. The summed E-state index contributed by atoms with van der Waals surface area (Å²) in [6, 6.07) is 13.9. The molecule has 2 aromatic heterocycles. The molecule has 34 heavy (non-hydrogen) atoms. The second kappa shape index (κ2) is 9.24. The van der Waals surface area contributed by atoms with Crippen LogP contribution in [0.3, 0.4) is 0 Å². The normalized spacial score (nSPS) is 17.7. The average molecular weight is 453 g/mol. The first-order valence-corrected chi connectivity index (χ1v) is 11.7. The summed E-state index contributed by atoms with van der Waals surface area (Å²) in [5, 5.41) is 14.5. The molecule has 1 aliphatic heterocycles. The first-order chi connectivity index (χ1) is 16.5. The maximum Gasteiger partial charge on any atom is 0.246 e. The Hall–Kier alpha value is -3.76. The van der Waals surface area contributed by atoms with Gasteiger partial charge in [0.05, 0.1) is 36.5 Å². The van der Waals surface area contributed by atoms with Crippen molar-refractivity contribution in [2.75, 3.05) is 20.6 Å². The number of nitrogens with zero attached hydrogens (tertiary/aromatic N) is 6. The van der Waals surface area contributed by atoms with Crippen LogP contribution in [0.15, 0.2) is 60.9 Å². The zero-order valence-electron chi connectivity index (χ0n) is 19.6. The van der Waals surface area contributed by atoms with Gasteiger partial charge in [0.2, 0.25) is 5.91 Å². The van der Waals surface area contributed by atoms with Crippen LogP contribution in [-0.4, -0.2) is 57.2 Å². The lowest BCUT2D eigenvalue weighted by Gasteiger charge is -2.36. The maximum atomic E-state index is 13.3. The molecule has 3 heterocycles. The van der Waals surface area contributed by atoms with Crippen LogP contribution in [0.4, 0.5) is 0 Å². The first-order valence-electron chi connectivity index (χ1n) is 11.7. The summed E-state index contributed by atoms with van der Waals surface area (Å²) >= 11 is 0. The fraction of sp³-hybridized carbons (Fsp3) is 0.333. The molecule has 1 saturated carbocycles. The standard InChI is InChI=1S/C27H28N6O/c1-31(2)14-4-7-25(34)32-17-24-26(21-10-12-29-13-11-21)27(22-6-3-5-19(15-22)16-28)30-33(24)18-23(32)20-8-9-20/h3-7,10-13,15,20,23H,8-9,14,17-18H2,1-2H3/b7-4+/t23-/m0/s1. The van der Waals surface area contributed by atoms with Gasteiger partial charge in [-0.15, -0.1) is 0 Å². The number of pyridine rings is 1. The molecule has 0 unspecified atom stereocenters. The fourth-order valence-electron chi connectivity index (χ4n) is 4.71. The summed E-state index contributed by atoms with van der Waals surface area (Å²) in [7, 11) is 3.98. The van der Waals surface area contributed by atoms with Crippen molar-refractivity contribution >= 4 is 5.91 Å². The summed E-state index contributed by atoms with van der Waals surface area (Å²) in [6.45, 7) is 1.92. The Morgan fingerprint density at radius 3 is 2.71 bits per heavy atom. The van der Waals surface area contributed by atoms with Crippen molar-refractivity contribution in [3.05, 3.63) is 72.2 Å². The van der Waals surface area contributed by atoms with E-state index >= 15 is 0 Å². The minimum absolute atomic E-state index is 0.0555. The molecule has 1 aliphatic carbocycles. The van der Waals surface area contributed by atoms with E-state index in [4.69, 9.17) is 5.10 Å². The number of likely N-dealkylation sites (N-methyl/N-ethyl adjacent to an activating group) is 1. The van der Waals surface area contributed by atoms with E-state index in [-0.39, 0.29) is 11.9 Å². The number of aromatic nitrogens is 3. The van der Waals surface area contributed by atoms with Crippen LogP contribution >= 0.6 is 0 Å². The van der Waals surface area contributed by atoms with E-state index in [2.05, 4.69) is 15.7 Å². The number of carbonyl (C=O) groups excluding carboxylic acids is 1. The highest BCUT2D eigenvalue weighted by Crippen LogP contribution is 2.42. The van der Waals surface area contributed by atoms with Crippen molar-refractivity contribution < 1.29 is 4.79 Å². The highest BCUT2D eigenvalue weighted by atomic mass is 16.2. The molecule has 0 radical (unpaired) electrons. The number of nitriles is 1. The number of carbonyl (C=O) groups is 1. The highest BCUT2D eigenvalue weighted by Gasteiger charge is 2.41. The molecule has 2 aliphatic rings. The largest absolute Gasteiger partial charge is 0.328 e. The van der Waals surface area contributed by atoms with E-state index in [1.165, 1.54) is 0 Å². The minimum atomic E-state index is 0.0555. The van der Waals surface area contributed by atoms with Gasteiger partial charge < -0.3 is 9.80 Å². The van der Waals surface area contributed by atoms with Crippen LogP contribution < -0.4 is 0 Å². The van der Waals surface area contributed by atoms with Crippen LogP contribution in [0.2, 0.25) is 0 Å². The predicted octanol–water partition coefficient (Wildman–Crippen LogP) is 3.72. The fourth-order valence-corrected chi connectivity index (χ4v) is 4.71. The molecule has 3 aromatic rings. The predicted molar refractivity (Wildman–Crippen MR) is 130 cm³/mol. The smallest absolute Gasteiger partial charge is 0.246 e. The summed E-state index contributed by atoms with van der Waals surface area (Å²) in [6.07, 6.45) is 9.50. The SMILES string of the molecule is CN(C)C/C=C/C(=O)N1Cc2c(-c3ccncc3)c(-c3cccc(C#N)c3)nn2C[C@H]1C1CC1. The Kier molecular flexibility index (Phi) is 5.99. The van der Waals surface area contributed by atoms with Crippen molar-refractivity contribution in [1.29, 1.82) is 5.26 Å². The number of benzene rings is 1. The van der Waals surface area contributed by atoms with Crippen molar-refractivity contribution in [3.8, 4) is 28.5 Å². The Labute approximate surface area is 199 Å². The molecular formula is C27H28N6O. The third-order valence-corrected chi connectivity index (χ3v) is 6.55. The Morgan fingerprint density at radius 1 is 1.21 bits per heavy atom. The van der Waals surface area contributed by atoms with Gasteiger partial charge >= 0.3 is 0 Å². The Morgan fingerprint density at radius 2 is 2.00 bits per heavy atom. The van der Waals surface area contributed by atoms with E-state index in [0.717, 1.165) is 47.5 Å². The lowest BCUT2D eigenvalue weighted by molar-refractivity contribution is -0.130. The molecule has 1 amide bonds. The van der Waals surface area contributed by atoms with Gasteiger partial charge in [-0.2, -0.15) is 10.4 Å². The van der Waals surface area contributed by atoms with Gasteiger partial charge in [0.1, 0.15) is 5.69 Å². The number of hydrogen-bond donors (Lipinski definition) is 0. The molecule has 0 saturated heterocycles. The molecule has 1 aromatic carbocycles. The molecule has 1 fully saturated rings. The molecular weight excluding hydrogens is 424 g/mol. The molecule has 7 nitrogen and oxygen atoms in total. The van der Waals surface area contributed by atoms with E-state index in [1.54, 1.807) is 24.5 Å². The summed E-state index contributed by atoms with van der Waals surface area (Å²) in [5.74, 6) is 0.582. The Balaban J connectivity index is 1.59. The maximum absolute atomic E-state index is 13.3. The summed E-state index contributed by atoms with van der Waals surface area (Å²) in [5.41, 5.74) is 5.37. The second-order valence-electron chi connectivity index (χ2n) is 9.32. The van der Waals surface area contributed by atoms with Crippen molar-refractivity contribution in [2.24, 2.45) is 5.92 Å². The molecule has 7 heteroatoms. The molecule has 0 N–H and O–H groups in total.